The molecule has 4 nitrogen and oxygen atoms in total. The van der Waals surface area contributed by atoms with E-state index in [0.717, 1.165) is 11.1 Å². The highest BCUT2D eigenvalue weighted by molar-refractivity contribution is 6.30. The Morgan fingerprint density at radius 3 is 2.29 bits per heavy atom. The maximum absolute atomic E-state index is 14.1. The van der Waals surface area contributed by atoms with Gasteiger partial charge in [-0.3, -0.25) is 9.59 Å². The molecular weight excluding hydrogens is 419 g/mol. The predicted molar refractivity (Wildman–Crippen MR) is 118 cm³/mol. The van der Waals surface area contributed by atoms with Crippen molar-refractivity contribution in [3.8, 4) is 11.1 Å². The fourth-order valence-corrected chi connectivity index (χ4v) is 4.19. The lowest BCUT2D eigenvalue weighted by molar-refractivity contribution is -0.252. The molecule has 164 valence electrons. The van der Waals surface area contributed by atoms with Crippen LogP contribution in [-0.4, -0.2) is 17.7 Å². The Kier molecular flexibility index (Phi) is 6.56. The van der Waals surface area contributed by atoms with Crippen molar-refractivity contribution in [1.82, 2.24) is 0 Å². The number of halogens is 2. The van der Waals surface area contributed by atoms with E-state index in [-0.39, 0.29) is 24.6 Å². The zero-order valence-corrected chi connectivity index (χ0v) is 18.7. The van der Waals surface area contributed by atoms with Crippen LogP contribution in [0, 0.1) is 17.2 Å². The van der Waals surface area contributed by atoms with E-state index in [0.29, 0.717) is 17.0 Å². The van der Waals surface area contributed by atoms with Crippen LogP contribution < -0.4 is 0 Å². The molecule has 0 aliphatic carbocycles. The number of allylic oxidation sites excluding steroid dienone is 1. The number of hydrogen-bond donors (Lipinski definition) is 0. The Morgan fingerprint density at radius 2 is 1.71 bits per heavy atom. The first kappa shape index (κ1) is 23.0. The molecule has 2 aromatic carbocycles. The lowest BCUT2D eigenvalue weighted by atomic mass is 9.75. The smallest absolute Gasteiger partial charge is 0.327 e. The van der Waals surface area contributed by atoms with Crippen molar-refractivity contribution in [3.63, 3.8) is 0 Å². The molecule has 1 fully saturated rings. The van der Waals surface area contributed by atoms with Gasteiger partial charge >= 0.3 is 11.9 Å². The van der Waals surface area contributed by atoms with Gasteiger partial charge in [-0.2, -0.15) is 0 Å². The lowest BCUT2D eigenvalue weighted by Crippen LogP contribution is -2.54. The molecule has 0 aromatic heterocycles. The van der Waals surface area contributed by atoms with Crippen molar-refractivity contribution in [2.24, 2.45) is 11.3 Å². The summed E-state index contributed by atoms with van der Waals surface area (Å²) in [6.45, 7) is 8.73. The number of benzene rings is 2. The molecule has 1 heterocycles. The second kappa shape index (κ2) is 8.83. The summed E-state index contributed by atoms with van der Waals surface area (Å²) in [6, 6.07) is 11.9. The Labute approximate surface area is 187 Å². The first-order valence-electron chi connectivity index (χ1n) is 10.2. The molecule has 0 unspecified atom stereocenters. The summed E-state index contributed by atoms with van der Waals surface area (Å²) in [5.41, 5.74) is 0.777. The van der Waals surface area contributed by atoms with Crippen molar-refractivity contribution < 1.29 is 23.5 Å². The van der Waals surface area contributed by atoms with E-state index in [1.165, 1.54) is 26.0 Å². The average molecular weight is 445 g/mol. The van der Waals surface area contributed by atoms with Gasteiger partial charge in [0.1, 0.15) is 5.82 Å². The molecule has 0 radical (unpaired) electrons. The summed E-state index contributed by atoms with van der Waals surface area (Å²) in [5.74, 6) is -2.78. The molecule has 1 saturated heterocycles. The summed E-state index contributed by atoms with van der Waals surface area (Å²) >= 11 is 5.99. The molecule has 1 atom stereocenters. The zero-order valence-electron chi connectivity index (χ0n) is 17.9. The Balaban J connectivity index is 1.75. The molecule has 0 saturated carbocycles. The van der Waals surface area contributed by atoms with Crippen molar-refractivity contribution in [2.75, 3.05) is 0 Å². The molecule has 0 bridgehead atoms. The third kappa shape index (κ3) is 4.99. The number of ether oxygens (including phenoxy) is 2. The van der Waals surface area contributed by atoms with Crippen LogP contribution in [0.2, 0.25) is 5.02 Å². The van der Waals surface area contributed by atoms with Gasteiger partial charge in [-0.15, -0.1) is 6.58 Å². The van der Waals surface area contributed by atoms with Gasteiger partial charge < -0.3 is 9.47 Å². The van der Waals surface area contributed by atoms with Crippen molar-refractivity contribution in [3.05, 3.63) is 71.5 Å². The normalized spacial score (nSPS) is 18.1. The van der Waals surface area contributed by atoms with Gasteiger partial charge in [-0.05, 0) is 54.5 Å². The van der Waals surface area contributed by atoms with Crippen LogP contribution >= 0.6 is 11.6 Å². The molecule has 0 spiro atoms. The largest absolute Gasteiger partial charge is 0.422 e. The van der Waals surface area contributed by atoms with Gasteiger partial charge in [0, 0.05) is 24.4 Å². The van der Waals surface area contributed by atoms with E-state index in [2.05, 4.69) is 6.58 Å². The van der Waals surface area contributed by atoms with E-state index in [1.807, 2.05) is 31.2 Å². The van der Waals surface area contributed by atoms with Gasteiger partial charge in [0.2, 0.25) is 0 Å². The third-order valence-electron chi connectivity index (χ3n) is 5.43. The van der Waals surface area contributed by atoms with Crippen molar-refractivity contribution in [1.29, 1.82) is 0 Å². The quantitative estimate of drug-likeness (QED) is 0.293. The van der Waals surface area contributed by atoms with E-state index < -0.39 is 23.1 Å². The second-order valence-corrected chi connectivity index (χ2v) is 9.02. The highest BCUT2D eigenvalue weighted by Crippen LogP contribution is 2.41. The van der Waals surface area contributed by atoms with Gasteiger partial charge in [-0.1, -0.05) is 48.9 Å². The van der Waals surface area contributed by atoms with Gasteiger partial charge in [0.05, 0.1) is 0 Å². The molecule has 1 aliphatic rings. The minimum Gasteiger partial charge on any atom is -0.422 e. The second-order valence-electron chi connectivity index (χ2n) is 8.59. The summed E-state index contributed by atoms with van der Waals surface area (Å²) in [5, 5.41) is 0.469. The maximum Gasteiger partial charge on any atom is 0.327 e. The Bertz CT molecular complexity index is 977. The Morgan fingerprint density at radius 1 is 1.10 bits per heavy atom. The Hall–Kier alpha value is -2.66. The average Bonchev–Trinajstić information content (AvgIpc) is 2.68. The molecule has 3 rings (SSSR count). The van der Waals surface area contributed by atoms with Crippen molar-refractivity contribution in [2.45, 2.75) is 45.8 Å². The fourth-order valence-electron chi connectivity index (χ4n) is 4.02. The van der Waals surface area contributed by atoms with Crippen LogP contribution in [0.3, 0.4) is 0 Å². The van der Waals surface area contributed by atoms with Crippen LogP contribution in [0.25, 0.3) is 11.1 Å². The molecule has 2 aromatic rings. The van der Waals surface area contributed by atoms with E-state index in [9.17, 15) is 14.0 Å². The van der Waals surface area contributed by atoms with E-state index >= 15 is 0 Å². The monoisotopic (exact) mass is 444 g/mol. The van der Waals surface area contributed by atoms with Crippen LogP contribution in [0.5, 0.6) is 0 Å². The molecule has 31 heavy (non-hydrogen) atoms. The van der Waals surface area contributed by atoms with Crippen LogP contribution in [0.1, 0.15) is 39.2 Å². The summed E-state index contributed by atoms with van der Waals surface area (Å²) < 4.78 is 24.9. The summed E-state index contributed by atoms with van der Waals surface area (Å²) in [6.07, 6.45) is 2.60. The summed E-state index contributed by atoms with van der Waals surface area (Å²) in [4.78, 5) is 25.5. The molecular formula is C25H26ClFO4. The number of cyclic esters (lactones) is 2. The van der Waals surface area contributed by atoms with Crippen molar-refractivity contribution >= 4 is 23.5 Å². The zero-order chi connectivity index (χ0) is 22.8. The van der Waals surface area contributed by atoms with Crippen LogP contribution in [0.15, 0.2) is 55.1 Å². The van der Waals surface area contributed by atoms with E-state index in [4.69, 9.17) is 21.1 Å². The first-order chi connectivity index (χ1) is 14.6. The third-order valence-corrected chi connectivity index (χ3v) is 5.66. The van der Waals surface area contributed by atoms with Gasteiger partial charge in [0.25, 0.3) is 5.79 Å². The van der Waals surface area contributed by atoms with Crippen LogP contribution in [0.4, 0.5) is 4.39 Å². The number of hydrogen-bond acceptors (Lipinski definition) is 4. The highest BCUT2D eigenvalue weighted by atomic mass is 35.5. The fraction of sp³-hybridized carbons (Fsp3) is 0.360. The number of carbonyl (C=O) groups excluding carboxylic acids is 2. The van der Waals surface area contributed by atoms with E-state index in [1.54, 1.807) is 12.1 Å². The number of carbonyl (C=O) groups is 2. The minimum absolute atomic E-state index is 0.0185. The molecule has 6 heteroatoms. The minimum atomic E-state index is -1.39. The lowest BCUT2D eigenvalue weighted by Gasteiger charge is -2.40. The summed E-state index contributed by atoms with van der Waals surface area (Å²) in [7, 11) is 0. The maximum atomic E-state index is 14.1. The van der Waals surface area contributed by atoms with Gasteiger partial charge in [0.15, 0.2) is 5.41 Å². The van der Waals surface area contributed by atoms with Crippen LogP contribution in [-0.2, 0) is 25.5 Å². The number of esters is 2. The number of rotatable bonds is 7. The molecule has 0 N–H and O–H groups in total. The SMILES string of the molecule is C=CCC1(C[C@@H](C)Cc2ccc(-c3cc(Cl)ccc3F)cc2)C(=O)OC(C)(C)OC1=O. The highest BCUT2D eigenvalue weighted by Gasteiger charge is 2.55. The molecule has 0 amide bonds. The van der Waals surface area contributed by atoms with Gasteiger partial charge in [-0.25, -0.2) is 4.39 Å². The molecule has 1 aliphatic heterocycles. The standard InChI is InChI=1S/C25H26ClFO4/c1-5-12-25(22(28)30-24(3,4)31-23(25)29)15-16(2)13-17-6-8-18(9-7-17)20-14-19(26)10-11-21(20)27/h5-11,14,16H,1,12-13,15H2,2-4H3/t16-/m0/s1. The first-order valence-corrected chi connectivity index (χ1v) is 10.6. The topological polar surface area (TPSA) is 52.6 Å². The predicted octanol–water partition coefficient (Wildman–Crippen LogP) is 6.11.